The van der Waals surface area contributed by atoms with E-state index >= 15 is 0 Å². The zero-order chi connectivity index (χ0) is 22.3. The fourth-order valence-electron chi connectivity index (χ4n) is 4.23. The average Bonchev–Trinajstić information content (AvgIpc) is 2.84. The van der Waals surface area contributed by atoms with Crippen molar-refractivity contribution in [2.75, 3.05) is 44.2 Å². The molecular weight excluding hydrogens is 400 g/mol. The molecular formula is C27H31N2O3+. The Morgan fingerprint density at radius 3 is 2.25 bits per heavy atom. The third-order valence-electron chi connectivity index (χ3n) is 6.05. The number of nitrogens with zero attached hydrogens (tertiary/aromatic N) is 1. The number of rotatable bonds is 8. The van der Waals surface area contributed by atoms with E-state index in [0.29, 0.717) is 23.4 Å². The molecule has 0 aliphatic carbocycles. The molecule has 1 saturated heterocycles. The van der Waals surface area contributed by atoms with Crippen molar-refractivity contribution in [3.05, 3.63) is 95.6 Å². The molecule has 5 nitrogen and oxygen atoms in total. The molecule has 2 N–H and O–H groups in total. The van der Waals surface area contributed by atoms with E-state index in [1.165, 1.54) is 16.2 Å². The number of carbonyl (C=O) groups is 1. The van der Waals surface area contributed by atoms with Crippen LogP contribution < -0.4 is 14.5 Å². The number of ketones is 1. The minimum Gasteiger partial charge on any atom is -0.491 e. The van der Waals surface area contributed by atoms with Gasteiger partial charge in [0.1, 0.15) is 25.0 Å². The lowest BCUT2D eigenvalue weighted by atomic mass is 10.0. The molecule has 3 aromatic carbocycles. The van der Waals surface area contributed by atoms with Crippen molar-refractivity contribution in [1.82, 2.24) is 0 Å². The van der Waals surface area contributed by atoms with E-state index in [1.807, 2.05) is 30.3 Å². The summed E-state index contributed by atoms with van der Waals surface area (Å²) in [6.07, 6.45) is -0.527. The molecule has 5 heteroatoms. The standard InChI is InChI=1S/C27H30N2O3/c1-21-7-5-6-10-26(21)29-17-15-28(16-18-29)19-24(30)20-32-25-13-11-23(12-14-25)27(31)22-8-3-2-4-9-22/h2-14,24,30H,15-20H2,1H3/p+1/t24-/m0/s1. The van der Waals surface area contributed by atoms with E-state index in [0.717, 1.165) is 26.2 Å². The molecule has 1 atom stereocenters. The number of hydrogen-bond donors (Lipinski definition) is 2. The van der Waals surface area contributed by atoms with Crippen molar-refractivity contribution in [1.29, 1.82) is 0 Å². The predicted octanol–water partition coefficient (Wildman–Crippen LogP) is 2.37. The van der Waals surface area contributed by atoms with Crippen LogP contribution in [0.4, 0.5) is 5.69 Å². The van der Waals surface area contributed by atoms with Crippen LogP contribution in [0.15, 0.2) is 78.9 Å². The molecule has 1 fully saturated rings. The van der Waals surface area contributed by atoms with Crippen LogP contribution in [0.2, 0.25) is 0 Å². The molecule has 0 aromatic heterocycles. The van der Waals surface area contributed by atoms with Gasteiger partial charge in [-0.1, -0.05) is 48.5 Å². The van der Waals surface area contributed by atoms with Crippen LogP contribution in [0.5, 0.6) is 5.75 Å². The minimum absolute atomic E-state index is 0.00868. The number of hydrogen-bond acceptors (Lipinski definition) is 4. The Bertz CT molecular complexity index is 1010. The molecule has 0 amide bonds. The summed E-state index contributed by atoms with van der Waals surface area (Å²) in [4.78, 5) is 16.3. The first-order chi connectivity index (χ1) is 15.6. The number of benzene rings is 3. The van der Waals surface area contributed by atoms with Gasteiger partial charge in [0, 0.05) is 16.8 Å². The average molecular weight is 432 g/mol. The van der Waals surface area contributed by atoms with Gasteiger partial charge < -0.3 is 19.6 Å². The van der Waals surface area contributed by atoms with Crippen LogP contribution in [0.1, 0.15) is 21.5 Å². The number of nitrogens with one attached hydrogen (secondary N) is 1. The monoisotopic (exact) mass is 431 g/mol. The Morgan fingerprint density at radius 1 is 0.938 bits per heavy atom. The van der Waals surface area contributed by atoms with Crippen LogP contribution in [0, 0.1) is 6.92 Å². The van der Waals surface area contributed by atoms with Crippen LogP contribution in [0.3, 0.4) is 0 Å². The van der Waals surface area contributed by atoms with Crippen molar-refractivity contribution >= 4 is 11.5 Å². The first kappa shape index (κ1) is 22.1. The topological polar surface area (TPSA) is 54.2 Å². The van der Waals surface area contributed by atoms with E-state index in [-0.39, 0.29) is 12.4 Å². The second kappa shape index (κ2) is 10.4. The highest BCUT2D eigenvalue weighted by molar-refractivity contribution is 6.08. The van der Waals surface area contributed by atoms with Crippen LogP contribution in [-0.2, 0) is 0 Å². The molecule has 1 aliphatic heterocycles. The summed E-state index contributed by atoms with van der Waals surface area (Å²) in [5.41, 5.74) is 3.91. The van der Waals surface area contributed by atoms with Crippen LogP contribution in [0.25, 0.3) is 0 Å². The van der Waals surface area contributed by atoms with Gasteiger partial charge in [-0.2, -0.15) is 0 Å². The van der Waals surface area contributed by atoms with E-state index in [1.54, 1.807) is 24.3 Å². The number of carbonyl (C=O) groups excluding carboxylic acids is 1. The molecule has 1 aliphatic rings. The van der Waals surface area contributed by atoms with E-state index in [2.05, 4.69) is 36.1 Å². The summed E-state index contributed by atoms with van der Waals surface area (Å²) >= 11 is 0. The first-order valence-corrected chi connectivity index (χ1v) is 11.2. The van der Waals surface area contributed by atoms with Crippen LogP contribution in [-0.4, -0.2) is 56.3 Å². The Kier molecular flexibility index (Phi) is 7.20. The van der Waals surface area contributed by atoms with Gasteiger partial charge in [-0.25, -0.2) is 0 Å². The van der Waals surface area contributed by atoms with Gasteiger partial charge in [-0.15, -0.1) is 0 Å². The maximum absolute atomic E-state index is 12.5. The van der Waals surface area contributed by atoms with Crippen LogP contribution >= 0.6 is 0 Å². The molecule has 1 heterocycles. The van der Waals surface area contributed by atoms with Gasteiger partial charge in [0.15, 0.2) is 5.78 Å². The zero-order valence-corrected chi connectivity index (χ0v) is 18.5. The van der Waals surface area contributed by atoms with Gasteiger partial charge in [0.05, 0.1) is 26.2 Å². The number of para-hydroxylation sites is 1. The molecule has 0 spiro atoms. The first-order valence-electron chi connectivity index (χ1n) is 11.2. The third kappa shape index (κ3) is 5.55. The molecule has 0 unspecified atom stereocenters. The lowest BCUT2D eigenvalue weighted by Gasteiger charge is -2.35. The fourth-order valence-corrected chi connectivity index (χ4v) is 4.23. The van der Waals surface area contributed by atoms with Gasteiger partial charge in [0.25, 0.3) is 0 Å². The largest absolute Gasteiger partial charge is 0.491 e. The van der Waals surface area contributed by atoms with Gasteiger partial charge in [-0.3, -0.25) is 4.79 Å². The molecule has 0 bridgehead atoms. The maximum Gasteiger partial charge on any atom is 0.193 e. The summed E-state index contributed by atoms with van der Waals surface area (Å²) in [5.74, 6) is 0.652. The van der Waals surface area contributed by atoms with E-state index < -0.39 is 6.10 Å². The molecule has 3 aromatic rings. The fraction of sp³-hybridized carbons (Fsp3) is 0.296. The highest BCUT2D eigenvalue weighted by Gasteiger charge is 2.23. The summed E-state index contributed by atoms with van der Waals surface area (Å²) in [7, 11) is 0. The quantitative estimate of drug-likeness (QED) is 0.538. The van der Waals surface area contributed by atoms with Crippen molar-refractivity contribution in [2.45, 2.75) is 13.0 Å². The summed E-state index contributed by atoms with van der Waals surface area (Å²) in [6.45, 7) is 7.06. The van der Waals surface area contributed by atoms with E-state index in [9.17, 15) is 9.90 Å². The lowest BCUT2D eigenvalue weighted by Crippen LogP contribution is -3.16. The Morgan fingerprint density at radius 2 is 1.56 bits per heavy atom. The van der Waals surface area contributed by atoms with Gasteiger partial charge in [0.2, 0.25) is 0 Å². The smallest absolute Gasteiger partial charge is 0.193 e. The highest BCUT2D eigenvalue weighted by Crippen LogP contribution is 2.19. The van der Waals surface area contributed by atoms with Crippen molar-refractivity contribution < 1.29 is 19.5 Å². The van der Waals surface area contributed by atoms with Gasteiger partial charge >= 0.3 is 0 Å². The Balaban J connectivity index is 1.22. The number of anilines is 1. The Labute approximate surface area is 189 Å². The Hall–Kier alpha value is -3.15. The summed E-state index contributed by atoms with van der Waals surface area (Å²) in [6, 6.07) is 24.9. The van der Waals surface area contributed by atoms with Crippen molar-refractivity contribution in [2.24, 2.45) is 0 Å². The second-order valence-electron chi connectivity index (χ2n) is 8.41. The van der Waals surface area contributed by atoms with Gasteiger partial charge in [-0.05, 0) is 42.8 Å². The maximum atomic E-state index is 12.5. The molecule has 32 heavy (non-hydrogen) atoms. The number of aryl methyl sites for hydroxylation is 1. The number of aliphatic hydroxyl groups is 1. The SMILES string of the molecule is Cc1ccccc1N1CC[NH+](C[C@H](O)COc2ccc(C(=O)c3ccccc3)cc2)CC1. The minimum atomic E-state index is -0.527. The molecule has 4 rings (SSSR count). The lowest BCUT2D eigenvalue weighted by molar-refractivity contribution is -0.903. The third-order valence-corrected chi connectivity index (χ3v) is 6.05. The normalized spacial score (nSPS) is 15.4. The summed E-state index contributed by atoms with van der Waals surface area (Å²) in [5, 5.41) is 10.5. The second-order valence-corrected chi connectivity index (χ2v) is 8.41. The number of aliphatic hydroxyl groups excluding tert-OH is 1. The molecule has 166 valence electrons. The number of piperazine rings is 1. The zero-order valence-electron chi connectivity index (χ0n) is 18.5. The highest BCUT2D eigenvalue weighted by atomic mass is 16.5. The number of ether oxygens (including phenoxy) is 1. The van der Waals surface area contributed by atoms with Crippen molar-refractivity contribution in [3.8, 4) is 5.75 Å². The van der Waals surface area contributed by atoms with E-state index in [4.69, 9.17) is 4.74 Å². The summed E-state index contributed by atoms with van der Waals surface area (Å²) < 4.78 is 5.77. The molecule has 0 saturated carbocycles. The number of quaternary nitrogens is 1. The van der Waals surface area contributed by atoms with Crippen molar-refractivity contribution in [3.63, 3.8) is 0 Å². The molecule has 0 radical (unpaired) electrons. The predicted molar refractivity (Wildman–Crippen MR) is 127 cm³/mol.